The number of rotatable bonds is 5. The Bertz CT molecular complexity index is 3100. The molecule has 0 aliphatic carbocycles. The minimum Gasteiger partial charge on any atom is -0.456 e. The Labute approximate surface area is 304 Å². The molecule has 0 fully saturated rings. The van der Waals surface area contributed by atoms with Crippen molar-refractivity contribution in [3.63, 3.8) is 0 Å². The van der Waals surface area contributed by atoms with Gasteiger partial charge in [0.25, 0.3) is 0 Å². The van der Waals surface area contributed by atoms with Gasteiger partial charge in [-0.1, -0.05) is 121 Å². The number of imidazole rings is 1. The number of nitrogens with zero attached hydrogens (tertiary/aromatic N) is 4. The molecule has 6 heteroatoms. The molecule has 3 aromatic heterocycles. The highest BCUT2D eigenvalue weighted by Crippen LogP contribution is 2.42. The number of aromatic nitrogens is 4. The maximum Gasteiger partial charge on any atom is 0.328 e. The van der Waals surface area contributed by atoms with Gasteiger partial charge in [0.05, 0.1) is 22.4 Å². The van der Waals surface area contributed by atoms with E-state index in [0.29, 0.717) is 5.82 Å². The monoisotopic (exact) mass is 684 g/mol. The second kappa shape index (κ2) is 12.0. The lowest BCUT2D eigenvalue weighted by Gasteiger charge is -2.14. The number of aryl methyl sites for hydroxylation is 2. The molecule has 0 atom stereocenters. The maximum atomic E-state index is 12.5. The summed E-state index contributed by atoms with van der Waals surface area (Å²) in [5, 5.41) is 4.50. The van der Waals surface area contributed by atoms with Crippen molar-refractivity contribution in [2.24, 2.45) is 14.1 Å². The molecule has 0 amide bonds. The maximum absolute atomic E-state index is 12.5. The molecule has 7 aromatic carbocycles. The van der Waals surface area contributed by atoms with Crippen LogP contribution in [-0.4, -0.2) is 19.1 Å². The van der Waals surface area contributed by atoms with Crippen LogP contribution in [0, 0.1) is 0 Å². The molecule has 53 heavy (non-hydrogen) atoms. The first-order valence-corrected chi connectivity index (χ1v) is 17.6. The molecule has 0 aliphatic rings. The SMILES string of the molecule is Cn1c(=O)n(C)c2cc(-c3ccc(-c4cc(-c5ccccc5-c5cccc6oc7cc8ccccc8cc7c56)nc(-c5ccccc5)n4)cc3)ccc21. The summed E-state index contributed by atoms with van der Waals surface area (Å²) in [5.41, 5.74) is 12.4. The van der Waals surface area contributed by atoms with E-state index in [4.69, 9.17) is 14.4 Å². The van der Waals surface area contributed by atoms with Crippen LogP contribution < -0.4 is 5.69 Å². The average molecular weight is 685 g/mol. The molecule has 252 valence electrons. The van der Waals surface area contributed by atoms with Gasteiger partial charge in [-0.05, 0) is 69.4 Å². The van der Waals surface area contributed by atoms with Crippen LogP contribution in [0.1, 0.15) is 0 Å². The van der Waals surface area contributed by atoms with Gasteiger partial charge in [-0.3, -0.25) is 9.13 Å². The van der Waals surface area contributed by atoms with E-state index in [-0.39, 0.29) is 5.69 Å². The molecule has 0 saturated heterocycles. The van der Waals surface area contributed by atoms with Crippen LogP contribution in [0.5, 0.6) is 0 Å². The van der Waals surface area contributed by atoms with Gasteiger partial charge in [0.2, 0.25) is 0 Å². The van der Waals surface area contributed by atoms with Crippen molar-refractivity contribution in [3.05, 3.63) is 168 Å². The van der Waals surface area contributed by atoms with Gasteiger partial charge in [0.1, 0.15) is 11.2 Å². The summed E-state index contributed by atoms with van der Waals surface area (Å²) in [7, 11) is 3.62. The molecular formula is C47H32N4O2. The van der Waals surface area contributed by atoms with E-state index in [2.05, 4.69) is 115 Å². The fraction of sp³-hybridized carbons (Fsp3) is 0.0426. The van der Waals surface area contributed by atoms with Gasteiger partial charge in [-0.2, -0.15) is 0 Å². The van der Waals surface area contributed by atoms with Gasteiger partial charge in [0.15, 0.2) is 5.82 Å². The quantitative estimate of drug-likeness (QED) is 0.181. The third kappa shape index (κ3) is 5.06. The lowest BCUT2D eigenvalue weighted by atomic mass is 9.93. The Morgan fingerprint density at radius 2 is 1.11 bits per heavy atom. The summed E-state index contributed by atoms with van der Waals surface area (Å²) in [5.74, 6) is 0.658. The zero-order valence-electron chi connectivity index (χ0n) is 29.1. The van der Waals surface area contributed by atoms with E-state index in [1.54, 1.807) is 16.2 Å². The van der Waals surface area contributed by atoms with Crippen LogP contribution in [0.3, 0.4) is 0 Å². The first-order valence-electron chi connectivity index (χ1n) is 17.6. The van der Waals surface area contributed by atoms with Crippen LogP contribution in [0.15, 0.2) is 167 Å². The van der Waals surface area contributed by atoms with Crippen molar-refractivity contribution in [2.75, 3.05) is 0 Å². The number of furan rings is 1. The van der Waals surface area contributed by atoms with Crippen molar-refractivity contribution in [2.45, 2.75) is 0 Å². The Hall–Kier alpha value is -7.05. The zero-order chi connectivity index (χ0) is 35.6. The summed E-state index contributed by atoms with van der Waals surface area (Å²) in [6.45, 7) is 0. The van der Waals surface area contributed by atoms with E-state index < -0.39 is 0 Å². The van der Waals surface area contributed by atoms with Crippen LogP contribution in [0.25, 0.3) is 99.9 Å². The predicted octanol–water partition coefficient (Wildman–Crippen LogP) is 11.1. The third-order valence-corrected chi connectivity index (χ3v) is 10.4. The second-order valence-electron chi connectivity index (χ2n) is 13.5. The Kier molecular flexibility index (Phi) is 6.98. The predicted molar refractivity (Wildman–Crippen MR) is 216 cm³/mol. The van der Waals surface area contributed by atoms with Crippen molar-refractivity contribution >= 4 is 43.7 Å². The standard InChI is InChI=1S/C47H32N4O2/c1-50-41-24-23-34(26-42(41)51(2)47(50)52)29-19-21-30(22-20-29)39-28-40(49-46(48-39)31-11-4-3-5-12-31)36-16-9-8-15-35(36)37-17-10-18-43-45(37)38-25-32-13-6-7-14-33(32)27-44(38)53-43/h3-28H,1-2H3. The fourth-order valence-electron chi connectivity index (χ4n) is 7.65. The lowest BCUT2D eigenvalue weighted by molar-refractivity contribution is 0.669. The molecule has 0 bridgehead atoms. The molecular weight excluding hydrogens is 653 g/mol. The van der Waals surface area contributed by atoms with Gasteiger partial charge in [-0.15, -0.1) is 0 Å². The number of benzene rings is 7. The average Bonchev–Trinajstić information content (AvgIpc) is 3.69. The molecule has 0 aliphatic heterocycles. The summed E-state index contributed by atoms with van der Waals surface area (Å²) >= 11 is 0. The van der Waals surface area contributed by atoms with Gasteiger partial charge >= 0.3 is 5.69 Å². The Balaban J connectivity index is 1.12. The van der Waals surface area contributed by atoms with Crippen molar-refractivity contribution < 1.29 is 4.42 Å². The molecule has 3 heterocycles. The van der Waals surface area contributed by atoms with E-state index in [1.807, 2.05) is 49.5 Å². The number of hydrogen-bond acceptors (Lipinski definition) is 4. The van der Waals surface area contributed by atoms with E-state index in [1.165, 1.54) is 5.39 Å². The van der Waals surface area contributed by atoms with E-state index >= 15 is 0 Å². The van der Waals surface area contributed by atoms with E-state index in [9.17, 15) is 4.79 Å². The van der Waals surface area contributed by atoms with Crippen molar-refractivity contribution in [1.29, 1.82) is 0 Å². The number of hydrogen-bond donors (Lipinski definition) is 0. The van der Waals surface area contributed by atoms with Crippen LogP contribution in [-0.2, 0) is 14.1 Å². The smallest absolute Gasteiger partial charge is 0.328 e. The van der Waals surface area contributed by atoms with Crippen LogP contribution in [0.2, 0.25) is 0 Å². The highest BCUT2D eigenvalue weighted by Gasteiger charge is 2.19. The molecule has 0 spiro atoms. The minimum absolute atomic E-state index is 0.0359. The summed E-state index contributed by atoms with van der Waals surface area (Å²) in [6, 6.07) is 54.3. The fourth-order valence-corrected chi connectivity index (χ4v) is 7.65. The van der Waals surface area contributed by atoms with Crippen LogP contribution >= 0.6 is 0 Å². The van der Waals surface area contributed by atoms with Crippen LogP contribution in [0.4, 0.5) is 0 Å². The van der Waals surface area contributed by atoms with Crippen molar-refractivity contribution in [3.8, 4) is 56.2 Å². The summed E-state index contributed by atoms with van der Waals surface area (Å²) < 4.78 is 9.82. The molecule has 0 unspecified atom stereocenters. The highest BCUT2D eigenvalue weighted by molar-refractivity contribution is 6.16. The first kappa shape index (κ1) is 30.7. The topological polar surface area (TPSA) is 65.8 Å². The van der Waals surface area contributed by atoms with Gasteiger partial charge in [0, 0.05) is 41.6 Å². The zero-order valence-corrected chi connectivity index (χ0v) is 29.1. The molecule has 0 N–H and O–H groups in total. The molecule has 6 nitrogen and oxygen atoms in total. The normalized spacial score (nSPS) is 11.7. The summed E-state index contributed by atoms with van der Waals surface area (Å²) in [6.07, 6.45) is 0. The van der Waals surface area contributed by atoms with E-state index in [0.717, 1.165) is 88.7 Å². The molecule has 10 aromatic rings. The van der Waals surface area contributed by atoms with Gasteiger partial charge in [-0.25, -0.2) is 14.8 Å². The number of fused-ring (bicyclic) bond motifs is 5. The van der Waals surface area contributed by atoms with Gasteiger partial charge < -0.3 is 4.42 Å². The highest BCUT2D eigenvalue weighted by atomic mass is 16.3. The second-order valence-corrected chi connectivity index (χ2v) is 13.5. The molecule has 0 radical (unpaired) electrons. The summed E-state index contributed by atoms with van der Waals surface area (Å²) in [4.78, 5) is 22.9. The van der Waals surface area contributed by atoms with Crippen molar-refractivity contribution in [1.82, 2.24) is 19.1 Å². The Morgan fingerprint density at radius 1 is 0.472 bits per heavy atom. The Morgan fingerprint density at radius 3 is 1.92 bits per heavy atom. The minimum atomic E-state index is -0.0359. The first-order chi connectivity index (χ1) is 26.0. The lowest BCUT2D eigenvalue weighted by Crippen LogP contribution is -2.19. The third-order valence-electron chi connectivity index (χ3n) is 10.4. The molecule has 10 rings (SSSR count). The largest absolute Gasteiger partial charge is 0.456 e. The molecule has 0 saturated carbocycles.